The van der Waals surface area contributed by atoms with E-state index in [0.29, 0.717) is 12.3 Å². The van der Waals surface area contributed by atoms with Crippen LogP contribution in [-0.4, -0.2) is 22.3 Å². The van der Waals surface area contributed by atoms with Crippen molar-refractivity contribution in [3.63, 3.8) is 0 Å². The molecule has 0 bridgehead atoms. The highest BCUT2D eigenvalue weighted by atomic mass is 32.1. The molecule has 4 heteroatoms. The smallest absolute Gasteiger partial charge is 0.223 e. The largest absolute Gasteiger partial charge is 0.333 e. The third-order valence-electron chi connectivity index (χ3n) is 2.80. The number of likely N-dealkylation sites (tertiary alicyclic amines) is 1. The molecule has 1 saturated heterocycles. The zero-order valence-electron chi connectivity index (χ0n) is 8.72. The van der Waals surface area contributed by atoms with Gasteiger partial charge < -0.3 is 4.90 Å². The van der Waals surface area contributed by atoms with Crippen LogP contribution in [0, 0.1) is 5.92 Å². The average Bonchev–Trinajstić information content (AvgIpc) is 2.85. The van der Waals surface area contributed by atoms with Gasteiger partial charge in [0.15, 0.2) is 0 Å². The Morgan fingerprint density at radius 1 is 1.80 bits per heavy atom. The highest BCUT2D eigenvalue weighted by molar-refractivity contribution is 7.09. The van der Waals surface area contributed by atoms with Gasteiger partial charge in [0.05, 0.1) is 6.04 Å². The van der Waals surface area contributed by atoms with Crippen LogP contribution in [-0.2, 0) is 4.79 Å². The van der Waals surface area contributed by atoms with E-state index >= 15 is 0 Å². The predicted molar refractivity (Wildman–Crippen MR) is 60.5 cm³/mol. The molecule has 2 rings (SSSR count). The molecule has 15 heavy (non-hydrogen) atoms. The minimum absolute atomic E-state index is 0.0995. The number of carbonyl (C=O) groups is 1. The molecule has 2 unspecified atom stereocenters. The SMILES string of the molecule is C=CC1CC(=O)N(C(C)c2nccs2)C1. The summed E-state index contributed by atoms with van der Waals surface area (Å²) in [6.07, 6.45) is 4.24. The van der Waals surface area contributed by atoms with Crippen LogP contribution in [0.2, 0.25) is 0 Å². The van der Waals surface area contributed by atoms with Crippen molar-refractivity contribution in [1.82, 2.24) is 9.88 Å². The van der Waals surface area contributed by atoms with Crippen LogP contribution in [0.4, 0.5) is 0 Å². The Hall–Kier alpha value is -1.16. The van der Waals surface area contributed by atoms with Crippen LogP contribution in [0.25, 0.3) is 0 Å². The molecule has 2 heterocycles. The van der Waals surface area contributed by atoms with Gasteiger partial charge in [0, 0.05) is 30.5 Å². The minimum atomic E-state index is 0.0995. The molecule has 0 aromatic carbocycles. The van der Waals surface area contributed by atoms with Gasteiger partial charge in [0.2, 0.25) is 5.91 Å². The van der Waals surface area contributed by atoms with Crippen molar-refractivity contribution in [3.05, 3.63) is 29.2 Å². The maximum atomic E-state index is 11.7. The molecule has 1 fully saturated rings. The summed E-state index contributed by atoms with van der Waals surface area (Å²) in [7, 11) is 0. The van der Waals surface area contributed by atoms with Gasteiger partial charge in [0.25, 0.3) is 0 Å². The van der Waals surface area contributed by atoms with Crippen molar-refractivity contribution in [1.29, 1.82) is 0 Å². The van der Waals surface area contributed by atoms with Gasteiger partial charge >= 0.3 is 0 Å². The summed E-state index contributed by atoms with van der Waals surface area (Å²) in [6, 6.07) is 0.0995. The second kappa shape index (κ2) is 4.14. The van der Waals surface area contributed by atoms with E-state index in [1.807, 2.05) is 23.3 Å². The summed E-state index contributed by atoms with van der Waals surface area (Å²) in [5.74, 6) is 0.516. The van der Waals surface area contributed by atoms with Crippen molar-refractivity contribution >= 4 is 17.2 Å². The second-order valence-corrected chi connectivity index (χ2v) is 4.72. The topological polar surface area (TPSA) is 33.2 Å². The summed E-state index contributed by atoms with van der Waals surface area (Å²) in [5.41, 5.74) is 0. The lowest BCUT2D eigenvalue weighted by molar-refractivity contribution is -0.129. The summed E-state index contributed by atoms with van der Waals surface area (Å²) < 4.78 is 0. The van der Waals surface area contributed by atoms with Gasteiger partial charge in [-0.05, 0) is 6.92 Å². The predicted octanol–water partition coefficient (Wildman–Crippen LogP) is 2.24. The number of hydrogen-bond acceptors (Lipinski definition) is 3. The number of carbonyl (C=O) groups excluding carboxylic acids is 1. The summed E-state index contributed by atoms with van der Waals surface area (Å²) in [6.45, 7) is 6.55. The Balaban J connectivity index is 2.11. The highest BCUT2D eigenvalue weighted by Gasteiger charge is 2.32. The van der Waals surface area contributed by atoms with E-state index in [4.69, 9.17) is 0 Å². The second-order valence-electron chi connectivity index (χ2n) is 3.79. The Morgan fingerprint density at radius 2 is 2.60 bits per heavy atom. The quantitative estimate of drug-likeness (QED) is 0.735. The van der Waals surface area contributed by atoms with Crippen LogP contribution in [0.5, 0.6) is 0 Å². The number of aromatic nitrogens is 1. The number of nitrogens with zero attached hydrogens (tertiary/aromatic N) is 2. The molecule has 1 aliphatic heterocycles. The van der Waals surface area contributed by atoms with Crippen molar-refractivity contribution in [2.75, 3.05) is 6.54 Å². The molecule has 1 aliphatic rings. The normalized spacial score (nSPS) is 23.1. The molecular formula is C11H14N2OS. The fourth-order valence-corrected chi connectivity index (χ4v) is 2.57. The fourth-order valence-electron chi connectivity index (χ4n) is 1.87. The Kier molecular flexibility index (Phi) is 2.86. The third-order valence-corrected chi connectivity index (χ3v) is 3.74. The molecule has 0 N–H and O–H groups in total. The lowest BCUT2D eigenvalue weighted by atomic mass is 10.1. The summed E-state index contributed by atoms with van der Waals surface area (Å²) >= 11 is 1.60. The Morgan fingerprint density at radius 3 is 3.13 bits per heavy atom. The summed E-state index contributed by atoms with van der Waals surface area (Å²) in [4.78, 5) is 17.9. The molecule has 80 valence electrons. The van der Waals surface area contributed by atoms with E-state index in [2.05, 4.69) is 11.6 Å². The van der Waals surface area contributed by atoms with Crippen LogP contribution in [0.3, 0.4) is 0 Å². The number of amides is 1. The summed E-state index contributed by atoms with van der Waals surface area (Å²) in [5, 5.41) is 2.95. The van der Waals surface area contributed by atoms with E-state index in [0.717, 1.165) is 11.6 Å². The van der Waals surface area contributed by atoms with E-state index in [1.165, 1.54) is 0 Å². The van der Waals surface area contributed by atoms with Crippen molar-refractivity contribution in [2.24, 2.45) is 5.92 Å². The standard InChI is InChI=1S/C11H14N2OS/c1-3-9-6-10(14)13(7-9)8(2)11-12-4-5-15-11/h3-5,8-9H,1,6-7H2,2H3. The molecule has 2 atom stereocenters. The first kappa shape index (κ1) is 10.4. The fraction of sp³-hybridized carbons (Fsp3) is 0.455. The first-order chi connectivity index (χ1) is 7.22. The van der Waals surface area contributed by atoms with Crippen LogP contribution >= 0.6 is 11.3 Å². The molecule has 1 aromatic rings. The van der Waals surface area contributed by atoms with Crippen LogP contribution < -0.4 is 0 Å². The average molecular weight is 222 g/mol. The van der Waals surface area contributed by atoms with Gasteiger partial charge in [-0.15, -0.1) is 17.9 Å². The maximum absolute atomic E-state index is 11.7. The lowest BCUT2D eigenvalue weighted by Crippen LogP contribution is -2.28. The molecular weight excluding hydrogens is 208 g/mol. The zero-order chi connectivity index (χ0) is 10.8. The van der Waals surface area contributed by atoms with E-state index in [9.17, 15) is 4.79 Å². The monoisotopic (exact) mass is 222 g/mol. The minimum Gasteiger partial charge on any atom is -0.333 e. The Bertz CT molecular complexity index is 361. The number of rotatable bonds is 3. The number of thiazole rings is 1. The van der Waals surface area contributed by atoms with Crippen molar-refractivity contribution < 1.29 is 4.79 Å². The molecule has 0 saturated carbocycles. The maximum Gasteiger partial charge on any atom is 0.223 e. The van der Waals surface area contributed by atoms with Crippen LogP contribution in [0.1, 0.15) is 24.4 Å². The molecule has 1 amide bonds. The molecule has 3 nitrogen and oxygen atoms in total. The van der Waals surface area contributed by atoms with Gasteiger partial charge in [-0.1, -0.05) is 6.08 Å². The zero-order valence-corrected chi connectivity index (χ0v) is 9.54. The molecule has 0 aliphatic carbocycles. The van der Waals surface area contributed by atoms with Gasteiger partial charge in [-0.3, -0.25) is 4.79 Å². The lowest BCUT2D eigenvalue weighted by Gasteiger charge is -2.22. The third kappa shape index (κ3) is 1.95. The van der Waals surface area contributed by atoms with E-state index in [-0.39, 0.29) is 11.9 Å². The first-order valence-corrected chi connectivity index (χ1v) is 5.91. The first-order valence-electron chi connectivity index (χ1n) is 5.03. The van der Waals surface area contributed by atoms with Crippen molar-refractivity contribution in [3.8, 4) is 0 Å². The van der Waals surface area contributed by atoms with Crippen molar-refractivity contribution in [2.45, 2.75) is 19.4 Å². The van der Waals surface area contributed by atoms with E-state index < -0.39 is 0 Å². The van der Waals surface area contributed by atoms with E-state index in [1.54, 1.807) is 17.5 Å². The Labute approximate surface area is 93.4 Å². The highest BCUT2D eigenvalue weighted by Crippen LogP contribution is 2.29. The van der Waals surface area contributed by atoms with Gasteiger partial charge in [-0.25, -0.2) is 4.98 Å². The molecule has 0 spiro atoms. The number of hydrogen-bond donors (Lipinski definition) is 0. The molecule has 1 aromatic heterocycles. The molecule has 0 radical (unpaired) electrons. The van der Waals surface area contributed by atoms with Crippen LogP contribution in [0.15, 0.2) is 24.2 Å². The van der Waals surface area contributed by atoms with Gasteiger partial charge in [-0.2, -0.15) is 0 Å². The van der Waals surface area contributed by atoms with Gasteiger partial charge in [0.1, 0.15) is 5.01 Å².